The van der Waals surface area contributed by atoms with Crippen molar-refractivity contribution in [3.8, 4) is 11.5 Å². The maximum Gasteiger partial charge on any atom is 0.257 e. The Bertz CT molecular complexity index is 853. The third kappa shape index (κ3) is 5.21. The Labute approximate surface area is 153 Å². The monoisotopic (exact) mass is 378 g/mol. The summed E-state index contributed by atoms with van der Waals surface area (Å²) < 4.78 is 33.8. The molecular weight excluding hydrogens is 356 g/mol. The number of para-hydroxylation sites is 1. The van der Waals surface area contributed by atoms with Gasteiger partial charge in [-0.05, 0) is 36.8 Å². The molecule has 0 bridgehead atoms. The van der Waals surface area contributed by atoms with E-state index in [0.717, 1.165) is 5.75 Å². The van der Waals surface area contributed by atoms with Crippen LogP contribution in [-0.4, -0.2) is 46.5 Å². The molecule has 1 amide bonds. The predicted molar refractivity (Wildman–Crippen MR) is 97.9 cm³/mol. The molecule has 0 saturated heterocycles. The summed E-state index contributed by atoms with van der Waals surface area (Å²) in [6.45, 7) is 0.893. The predicted octanol–water partition coefficient (Wildman–Crippen LogP) is 1.88. The maximum absolute atomic E-state index is 12.6. The van der Waals surface area contributed by atoms with Crippen molar-refractivity contribution < 1.29 is 22.7 Å². The second kappa shape index (κ2) is 8.68. The molecule has 0 heterocycles. The Kier molecular flexibility index (Phi) is 6.59. The van der Waals surface area contributed by atoms with Crippen LogP contribution in [0, 0.1) is 0 Å². The molecule has 2 aromatic carbocycles. The Hall–Kier alpha value is -2.58. The molecule has 0 atom stereocenters. The Morgan fingerprint density at radius 2 is 1.85 bits per heavy atom. The second-order valence-corrected chi connectivity index (χ2v) is 7.21. The zero-order valence-corrected chi connectivity index (χ0v) is 15.5. The third-order valence-electron chi connectivity index (χ3n) is 3.73. The van der Waals surface area contributed by atoms with Crippen LogP contribution in [0.1, 0.15) is 16.8 Å². The highest BCUT2D eigenvalue weighted by atomic mass is 32.2. The largest absolute Gasteiger partial charge is 0.496 e. The number of ether oxygens (including phenoxy) is 2. The minimum atomic E-state index is -3.91. The molecule has 7 nitrogen and oxygen atoms in total. The molecular formula is C18H22N2O5S. The first-order valence-electron chi connectivity index (χ1n) is 7.97. The van der Waals surface area contributed by atoms with Crippen LogP contribution in [0.5, 0.6) is 11.5 Å². The summed E-state index contributed by atoms with van der Waals surface area (Å²) in [6.07, 6.45) is 0.619. The normalized spacial score (nSPS) is 11.0. The summed E-state index contributed by atoms with van der Waals surface area (Å²) in [6, 6.07) is 13.3. The van der Waals surface area contributed by atoms with E-state index in [2.05, 4.69) is 0 Å². The van der Waals surface area contributed by atoms with Gasteiger partial charge in [-0.2, -0.15) is 0 Å². The number of carbonyl (C=O) groups is 1. The minimum absolute atomic E-state index is 0.137. The number of methoxy groups -OCH3 is 1. The van der Waals surface area contributed by atoms with E-state index < -0.39 is 10.0 Å². The van der Waals surface area contributed by atoms with Crippen molar-refractivity contribution in [1.82, 2.24) is 4.90 Å². The minimum Gasteiger partial charge on any atom is -0.496 e. The highest BCUT2D eigenvalue weighted by molar-refractivity contribution is 7.89. The molecule has 8 heteroatoms. The van der Waals surface area contributed by atoms with Gasteiger partial charge in [-0.15, -0.1) is 0 Å². The van der Waals surface area contributed by atoms with Crippen LogP contribution in [-0.2, 0) is 10.0 Å². The number of hydrogen-bond donors (Lipinski definition) is 1. The summed E-state index contributed by atoms with van der Waals surface area (Å²) in [7, 11) is -0.861. The number of amides is 1. The third-order valence-corrected chi connectivity index (χ3v) is 4.64. The second-order valence-electron chi connectivity index (χ2n) is 5.65. The Morgan fingerprint density at radius 1 is 1.15 bits per heavy atom. The Morgan fingerprint density at radius 3 is 2.46 bits per heavy atom. The molecule has 2 N–H and O–H groups in total. The number of nitrogens with two attached hydrogens (primary N) is 1. The SMILES string of the molecule is COc1ccc(S(N)(=O)=O)cc1C(=O)N(C)CCCOc1ccccc1. The van der Waals surface area contributed by atoms with Gasteiger partial charge in [0.25, 0.3) is 5.91 Å². The van der Waals surface area contributed by atoms with E-state index in [4.69, 9.17) is 14.6 Å². The quantitative estimate of drug-likeness (QED) is 0.707. The van der Waals surface area contributed by atoms with Crippen LogP contribution in [0.3, 0.4) is 0 Å². The molecule has 0 aliphatic rings. The zero-order chi connectivity index (χ0) is 19.2. The highest BCUT2D eigenvalue weighted by Gasteiger charge is 2.20. The van der Waals surface area contributed by atoms with Crippen LogP contribution >= 0.6 is 0 Å². The molecule has 0 aromatic heterocycles. The number of primary sulfonamides is 1. The first-order chi connectivity index (χ1) is 12.3. The molecule has 0 radical (unpaired) electrons. The average Bonchev–Trinajstić information content (AvgIpc) is 2.64. The zero-order valence-electron chi connectivity index (χ0n) is 14.7. The summed E-state index contributed by atoms with van der Waals surface area (Å²) in [4.78, 5) is 14.0. The number of hydrogen-bond acceptors (Lipinski definition) is 5. The van der Waals surface area contributed by atoms with Gasteiger partial charge in [0.1, 0.15) is 11.5 Å². The highest BCUT2D eigenvalue weighted by Crippen LogP contribution is 2.23. The number of sulfonamides is 1. The number of nitrogens with zero attached hydrogens (tertiary/aromatic N) is 1. The van der Waals surface area contributed by atoms with Gasteiger partial charge in [0.15, 0.2) is 0 Å². The summed E-state index contributed by atoms with van der Waals surface area (Å²) >= 11 is 0. The van der Waals surface area contributed by atoms with Gasteiger partial charge in [0, 0.05) is 13.6 Å². The smallest absolute Gasteiger partial charge is 0.257 e. The fourth-order valence-electron chi connectivity index (χ4n) is 2.35. The lowest BCUT2D eigenvalue weighted by Gasteiger charge is -2.19. The number of carbonyl (C=O) groups excluding carboxylic acids is 1. The number of rotatable bonds is 8. The van der Waals surface area contributed by atoms with Gasteiger partial charge in [-0.3, -0.25) is 4.79 Å². The average molecular weight is 378 g/mol. The topological polar surface area (TPSA) is 98.9 Å². The van der Waals surface area contributed by atoms with E-state index >= 15 is 0 Å². The molecule has 26 heavy (non-hydrogen) atoms. The molecule has 0 aliphatic carbocycles. The number of benzene rings is 2. The molecule has 0 spiro atoms. The standard InChI is InChI=1S/C18H22N2O5S/c1-20(11-6-12-25-14-7-4-3-5-8-14)18(21)16-13-15(26(19,22)23)9-10-17(16)24-2/h3-5,7-10,13H,6,11-12H2,1-2H3,(H2,19,22,23). The van der Waals surface area contributed by atoms with Crippen molar-refractivity contribution in [2.24, 2.45) is 5.14 Å². The Balaban J connectivity index is 2.00. The first-order valence-corrected chi connectivity index (χ1v) is 9.51. The molecule has 0 fully saturated rings. The fourth-order valence-corrected chi connectivity index (χ4v) is 2.89. The van der Waals surface area contributed by atoms with Crippen molar-refractivity contribution in [3.05, 3.63) is 54.1 Å². The molecule has 0 aliphatic heterocycles. The van der Waals surface area contributed by atoms with E-state index in [-0.39, 0.29) is 22.1 Å². The van der Waals surface area contributed by atoms with E-state index in [1.54, 1.807) is 7.05 Å². The van der Waals surface area contributed by atoms with E-state index in [0.29, 0.717) is 19.6 Å². The van der Waals surface area contributed by atoms with Crippen LogP contribution in [0.4, 0.5) is 0 Å². The first kappa shape index (κ1) is 19.7. The van der Waals surface area contributed by atoms with E-state index in [1.807, 2.05) is 30.3 Å². The summed E-state index contributed by atoms with van der Waals surface area (Å²) in [5, 5.41) is 5.14. The van der Waals surface area contributed by atoms with Gasteiger partial charge >= 0.3 is 0 Å². The molecule has 0 saturated carbocycles. The van der Waals surface area contributed by atoms with Crippen molar-refractivity contribution in [2.45, 2.75) is 11.3 Å². The van der Waals surface area contributed by atoms with Gasteiger partial charge in [-0.1, -0.05) is 18.2 Å². The molecule has 2 rings (SSSR count). The van der Waals surface area contributed by atoms with Gasteiger partial charge < -0.3 is 14.4 Å². The van der Waals surface area contributed by atoms with Crippen molar-refractivity contribution in [1.29, 1.82) is 0 Å². The summed E-state index contributed by atoms with van der Waals surface area (Å²) in [5.74, 6) is 0.700. The van der Waals surface area contributed by atoms with Gasteiger partial charge in [0.2, 0.25) is 10.0 Å². The van der Waals surface area contributed by atoms with Crippen LogP contribution in [0.15, 0.2) is 53.4 Å². The van der Waals surface area contributed by atoms with Crippen molar-refractivity contribution >= 4 is 15.9 Å². The van der Waals surface area contributed by atoms with E-state index in [1.165, 1.54) is 30.2 Å². The van der Waals surface area contributed by atoms with Gasteiger partial charge in [0.05, 0.1) is 24.2 Å². The molecule has 2 aromatic rings. The molecule has 140 valence electrons. The van der Waals surface area contributed by atoms with E-state index in [9.17, 15) is 13.2 Å². The fraction of sp³-hybridized carbons (Fsp3) is 0.278. The lowest BCUT2D eigenvalue weighted by molar-refractivity contribution is 0.0784. The lowest BCUT2D eigenvalue weighted by atomic mass is 10.1. The van der Waals surface area contributed by atoms with Crippen molar-refractivity contribution in [3.63, 3.8) is 0 Å². The maximum atomic E-state index is 12.6. The van der Waals surface area contributed by atoms with Crippen LogP contribution in [0.25, 0.3) is 0 Å². The van der Waals surface area contributed by atoms with Gasteiger partial charge in [-0.25, -0.2) is 13.6 Å². The molecule has 0 unspecified atom stereocenters. The van der Waals surface area contributed by atoms with Crippen molar-refractivity contribution in [2.75, 3.05) is 27.3 Å². The van der Waals surface area contributed by atoms with Crippen LogP contribution < -0.4 is 14.6 Å². The lowest BCUT2D eigenvalue weighted by Crippen LogP contribution is -2.29. The van der Waals surface area contributed by atoms with Crippen LogP contribution in [0.2, 0.25) is 0 Å². The summed E-state index contributed by atoms with van der Waals surface area (Å²) in [5.41, 5.74) is 0.144.